The number of halogens is 2. The molecule has 1 saturated heterocycles. The van der Waals surface area contributed by atoms with Crippen molar-refractivity contribution in [2.75, 3.05) is 13.1 Å². The number of hydrogen-bond donors (Lipinski definition) is 0. The van der Waals surface area contributed by atoms with Crippen molar-refractivity contribution < 1.29 is 4.92 Å². The lowest BCUT2D eigenvalue weighted by atomic mass is 10.2. The second kappa shape index (κ2) is 9.17. The summed E-state index contributed by atoms with van der Waals surface area (Å²) in [7, 11) is 0. The van der Waals surface area contributed by atoms with Crippen LogP contribution in [0.5, 0.6) is 0 Å². The number of fused-ring (bicyclic) bond motifs is 1. The highest BCUT2D eigenvalue weighted by molar-refractivity contribution is 5.85. The van der Waals surface area contributed by atoms with E-state index in [1.807, 2.05) is 30.3 Å². The minimum Gasteiger partial charge on any atom is -0.322 e. The Balaban J connectivity index is 0.00000131. The first-order chi connectivity index (χ1) is 12.2. The van der Waals surface area contributed by atoms with Gasteiger partial charge in [0.2, 0.25) is 0 Å². The quantitative estimate of drug-likeness (QED) is 0.462. The van der Waals surface area contributed by atoms with E-state index in [-0.39, 0.29) is 35.4 Å². The van der Waals surface area contributed by atoms with Crippen LogP contribution in [-0.4, -0.2) is 32.5 Å². The van der Waals surface area contributed by atoms with Gasteiger partial charge in [0.15, 0.2) is 0 Å². The van der Waals surface area contributed by atoms with E-state index in [2.05, 4.69) is 15.5 Å². The molecule has 0 spiro atoms. The topological polar surface area (TPSA) is 64.2 Å². The van der Waals surface area contributed by atoms with Gasteiger partial charge >= 0.3 is 0 Å². The van der Waals surface area contributed by atoms with Gasteiger partial charge in [0, 0.05) is 18.7 Å². The Morgan fingerprint density at radius 1 is 0.963 bits per heavy atom. The minimum absolute atomic E-state index is 0. The molecule has 0 radical (unpaired) electrons. The van der Waals surface area contributed by atoms with Gasteiger partial charge in [-0.1, -0.05) is 24.3 Å². The summed E-state index contributed by atoms with van der Waals surface area (Å²) >= 11 is 0. The number of likely N-dealkylation sites (tertiary alicyclic amines) is 1. The molecule has 8 heteroatoms. The molecular formula is C19H22Cl2N4O2. The van der Waals surface area contributed by atoms with Gasteiger partial charge in [-0.2, -0.15) is 0 Å². The zero-order valence-corrected chi connectivity index (χ0v) is 16.4. The lowest BCUT2D eigenvalue weighted by molar-refractivity contribution is -0.384. The average Bonchev–Trinajstić information content (AvgIpc) is 3.24. The highest BCUT2D eigenvalue weighted by atomic mass is 35.5. The van der Waals surface area contributed by atoms with E-state index in [9.17, 15) is 10.1 Å². The Morgan fingerprint density at radius 2 is 1.63 bits per heavy atom. The molecule has 4 rings (SSSR count). The fraction of sp³-hybridized carbons (Fsp3) is 0.316. The molecule has 0 amide bonds. The molecule has 0 aliphatic carbocycles. The molecule has 0 bridgehead atoms. The van der Waals surface area contributed by atoms with Crippen LogP contribution in [-0.2, 0) is 13.1 Å². The fourth-order valence-corrected chi connectivity index (χ4v) is 3.47. The number of nitro groups is 1. The van der Waals surface area contributed by atoms with Crippen molar-refractivity contribution in [3.05, 3.63) is 70.0 Å². The molecule has 2 aromatic carbocycles. The third kappa shape index (κ3) is 4.58. The van der Waals surface area contributed by atoms with E-state index in [0.29, 0.717) is 6.54 Å². The molecule has 0 atom stereocenters. The van der Waals surface area contributed by atoms with Crippen molar-refractivity contribution in [2.45, 2.75) is 25.9 Å². The van der Waals surface area contributed by atoms with Crippen molar-refractivity contribution in [1.29, 1.82) is 0 Å². The van der Waals surface area contributed by atoms with E-state index in [0.717, 1.165) is 42.1 Å². The van der Waals surface area contributed by atoms with Crippen LogP contribution in [0.1, 0.15) is 24.2 Å². The van der Waals surface area contributed by atoms with Crippen LogP contribution in [0.25, 0.3) is 11.0 Å². The van der Waals surface area contributed by atoms with E-state index >= 15 is 0 Å². The normalized spacial score (nSPS) is 13.9. The van der Waals surface area contributed by atoms with E-state index in [1.165, 1.54) is 12.8 Å². The van der Waals surface area contributed by atoms with Crippen LogP contribution >= 0.6 is 24.8 Å². The van der Waals surface area contributed by atoms with E-state index < -0.39 is 0 Å². The Kier molecular flexibility index (Phi) is 7.18. The SMILES string of the molecule is Cl.Cl.O=[N+]([O-])c1ccc(Cn2c(CN3CCCC3)nc3ccccc32)cc1. The summed E-state index contributed by atoms with van der Waals surface area (Å²) in [5, 5.41) is 10.8. The molecule has 2 heterocycles. The molecule has 0 saturated carbocycles. The lowest BCUT2D eigenvalue weighted by Crippen LogP contribution is -2.21. The van der Waals surface area contributed by atoms with Gasteiger partial charge in [-0.15, -0.1) is 24.8 Å². The molecule has 1 fully saturated rings. The van der Waals surface area contributed by atoms with Gasteiger partial charge in [-0.05, 0) is 43.6 Å². The van der Waals surface area contributed by atoms with E-state index in [4.69, 9.17) is 4.98 Å². The molecule has 3 aromatic rings. The van der Waals surface area contributed by atoms with Gasteiger partial charge in [-0.3, -0.25) is 15.0 Å². The molecule has 1 aliphatic heterocycles. The molecule has 0 unspecified atom stereocenters. The number of aromatic nitrogens is 2. The summed E-state index contributed by atoms with van der Waals surface area (Å²) in [6, 6.07) is 14.9. The van der Waals surface area contributed by atoms with Crippen LogP contribution in [0.3, 0.4) is 0 Å². The predicted octanol–water partition coefficient (Wildman–Crippen LogP) is 4.43. The van der Waals surface area contributed by atoms with Crippen LogP contribution in [0.2, 0.25) is 0 Å². The maximum absolute atomic E-state index is 10.8. The number of rotatable bonds is 5. The first kappa shape index (κ1) is 21.2. The largest absolute Gasteiger partial charge is 0.322 e. The third-order valence-electron chi connectivity index (χ3n) is 4.79. The van der Waals surface area contributed by atoms with Crippen molar-refractivity contribution in [3.8, 4) is 0 Å². The number of benzene rings is 2. The Morgan fingerprint density at radius 3 is 2.30 bits per heavy atom. The first-order valence-electron chi connectivity index (χ1n) is 8.60. The summed E-state index contributed by atoms with van der Waals surface area (Å²) in [5.74, 6) is 1.06. The highest BCUT2D eigenvalue weighted by Crippen LogP contribution is 2.21. The van der Waals surface area contributed by atoms with Crippen molar-refractivity contribution in [1.82, 2.24) is 14.5 Å². The van der Waals surface area contributed by atoms with Gasteiger partial charge in [-0.25, -0.2) is 4.98 Å². The maximum Gasteiger partial charge on any atom is 0.269 e. The highest BCUT2D eigenvalue weighted by Gasteiger charge is 2.17. The maximum atomic E-state index is 10.8. The Bertz CT molecular complexity index is 906. The van der Waals surface area contributed by atoms with E-state index in [1.54, 1.807) is 12.1 Å². The fourth-order valence-electron chi connectivity index (χ4n) is 3.47. The number of non-ortho nitro benzene ring substituents is 1. The van der Waals surface area contributed by atoms with Gasteiger partial charge in [0.1, 0.15) is 5.82 Å². The van der Waals surface area contributed by atoms with Crippen LogP contribution < -0.4 is 0 Å². The number of hydrogen-bond acceptors (Lipinski definition) is 4. The van der Waals surface area contributed by atoms with Gasteiger partial charge in [0.05, 0.1) is 22.5 Å². The molecule has 6 nitrogen and oxygen atoms in total. The number of nitro benzene ring substituents is 1. The summed E-state index contributed by atoms with van der Waals surface area (Å²) in [5.41, 5.74) is 3.27. The number of para-hydroxylation sites is 2. The minimum atomic E-state index is -0.366. The third-order valence-corrected chi connectivity index (χ3v) is 4.79. The predicted molar refractivity (Wildman–Crippen MR) is 111 cm³/mol. The monoisotopic (exact) mass is 408 g/mol. The summed E-state index contributed by atoms with van der Waals surface area (Å²) in [6.45, 7) is 3.77. The second-order valence-corrected chi connectivity index (χ2v) is 6.51. The second-order valence-electron chi connectivity index (χ2n) is 6.51. The van der Waals surface area contributed by atoms with Crippen molar-refractivity contribution >= 4 is 41.5 Å². The summed E-state index contributed by atoms with van der Waals surface area (Å²) in [4.78, 5) is 17.7. The number of nitrogens with zero attached hydrogens (tertiary/aromatic N) is 4. The van der Waals surface area contributed by atoms with Gasteiger partial charge in [0.25, 0.3) is 5.69 Å². The molecular weight excluding hydrogens is 387 g/mol. The molecule has 144 valence electrons. The zero-order valence-electron chi connectivity index (χ0n) is 14.8. The summed E-state index contributed by atoms with van der Waals surface area (Å²) in [6.07, 6.45) is 2.51. The molecule has 0 N–H and O–H groups in total. The first-order valence-corrected chi connectivity index (χ1v) is 8.60. The summed E-state index contributed by atoms with van der Waals surface area (Å²) < 4.78 is 2.23. The zero-order chi connectivity index (χ0) is 17.2. The van der Waals surface area contributed by atoms with Crippen LogP contribution in [0.15, 0.2) is 48.5 Å². The van der Waals surface area contributed by atoms with Gasteiger partial charge < -0.3 is 4.57 Å². The number of imidazole rings is 1. The Labute approximate surface area is 170 Å². The average molecular weight is 409 g/mol. The molecule has 1 aliphatic rings. The van der Waals surface area contributed by atoms with Crippen molar-refractivity contribution in [3.63, 3.8) is 0 Å². The smallest absolute Gasteiger partial charge is 0.269 e. The standard InChI is InChI=1S/C19H20N4O2.2ClH/c24-23(25)16-9-7-15(8-10-16)13-22-18-6-2-1-5-17(18)20-19(22)14-21-11-3-4-12-21;;/h1-2,5-10H,3-4,11-14H2;2*1H. The van der Waals surface area contributed by atoms with Crippen LogP contribution in [0.4, 0.5) is 5.69 Å². The lowest BCUT2D eigenvalue weighted by Gasteiger charge is -2.16. The van der Waals surface area contributed by atoms with Crippen LogP contribution in [0, 0.1) is 10.1 Å². The van der Waals surface area contributed by atoms with Crippen molar-refractivity contribution in [2.24, 2.45) is 0 Å². The molecule has 1 aromatic heterocycles. The Hall–Kier alpha value is -2.15. The molecule has 27 heavy (non-hydrogen) atoms.